The number of ether oxygens (including phenoxy) is 2. The number of carbonyl (C=O) groups excluding carboxylic acids is 2. The van der Waals surface area contributed by atoms with Crippen LogP contribution < -0.4 is 0 Å². The summed E-state index contributed by atoms with van der Waals surface area (Å²) in [6.07, 6.45) is 1.99. The van der Waals surface area contributed by atoms with E-state index in [1.165, 1.54) is 12.7 Å². The number of hydrogen-bond acceptors (Lipinski definition) is 4. The Balaban J connectivity index is 2.07. The fourth-order valence-electron chi connectivity index (χ4n) is 5.78. The summed E-state index contributed by atoms with van der Waals surface area (Å²) in [5.41, 5.74) is 1.82. The van der Waals surface area contributed by atoms with Crippen LogP contribution in [0.4, 0.5) is 0 Å². The lowest BCUT2D eigenvalue weighted by molar-refractivity contribution is -0.176. The lowest BCUT2D eigenvalue weighted by Crippen LogP contribution is -2.58. The van der Waals surface area contributed by atoms with Gasteiger partial charge in [-0.2, -0.15) is 0 Å². The van der Waals surface area contributed by atoms with E-state index in [1.807, 2.05) is 19.1 Å². The quantitative estimate of drug-likeness (QED) is 0.747. The topological polar surface area (TPSA) is 52.6 Å². The summed E-state index contributed by atoms with van der Waals surface area (Å²) in [7, 11) is 1.42. The second-order valence-corrected chi connectivity index (χ2v) is 8.37. The van der Waals surface area contributed by atoms with E-state index >= 15 is 0 Å². The number of aryl methyl sites for hydroxylation is 1. The number of methoxy groups -OCH3 is 1. The van der Waals surface area contributed by atoms with Crippen molar-refractivity contribution in [3.05, 3.63) is 35.4 Å². The SMILES string of the molecule is CCC[C@@]1(c2ccccc2C)C(=O)C[C@@H]2[C@@H](CO[C@H](C)[C@@H]2C(=O)OC)[C@@H]1C. The van der Waals surface area contributed by atoms with Gasteiger partial charge >= 0.3 is 5.97 Å². The third-order valence-electron chi connectivity index (χ3n) is 7.15. The van der Waals surface area contributed by atoms with Gasteiger partial charge in [-0.3, -0.25) is 9.59 Å². The molecule has 1 heterocycles. The number of ketones is 1. The van der Waals surface area contributed by atoms with Gasteiger partial charge in [-0.15, -0.1) is 0 Å². The first-order chi connectivity index (χ1) is 12.9. The predicted molar refractivity (Wildman–Crippen MR) is 104 cm³/mol. The second-order valence-electron chi connectivity index (χ2n) is 8.37. The van der Waals surface area contributed by atoms with E-state index in [1.54, 1.807) is 0 Å². The van der Waals surface area contributed by atoms with Crippen molar-refractivity contribution in [1.29, 1.82) is 0 Å². The smallest absolute Gasteiger partial charge is 0.311 e. The normalized spacial score (nSPS) is 36.2. The predicted octanol–water partition coefficient (Wildman–Crippen LogP) is 4.08. The van der Waals surface area contributed by atoms with Crippen LogP contribution in [0.25, 0.3) is 0 Å². The summed E-state index contributed by atoms with van der Waals surface area (Å²) in [5, 5.41) is 0. The van der Waals surface area contributed by atoms with Crippen molar-refractivity contribution in [2.24, 2.45) is 23.7 Å². The monoisotopic (exact) mass is 372 g/mol. The Morgan fingerprint density at radius 3 is 2.59 bits per heavy atom. The number of Topliss-reactive ketones (excluding diaryl/α,β-unsaturated/α-hetero) is 1. The molecule has 0 radical (unpaired) electrons. The fourth-order valence-corrected chi connectivity index (χ4v) is 5.78. The molecule has 1 saturated heterocycles. The molecule has 0 amide bonds. The number of carbonyl (C=O) groups is 2. The van der Waals surface area contributed by atoms with Crippen molar-refractivity contribution in [3.63, 3.8) is 0 Å². The molecule has 1 aromatic rings. The molecule has 6 atom stereocenters. The van der Waals surface area contributed by atoms with Gasteiger partial charge in [0.25, 0.3) is 0 Å². The van der Waals surface area contributed by atoms with Crippen molar-refractivity contribution < 1.29 is 19.1 Å². The van der Waals surface area contributed by atoms with E-state index in [2.05, 4.69) is 32.9 Å². The van der Waals surface area contributed by atoms with Gasteiger partial charge in [0, 0.05) is 6.42 Å². The van der Waals surface area contributed by atoms with Crippen molar-refractivity contribution in [2.75, 3.05) is 13.7 Å². The highest BCUT2D eigenvalue weighted by Gasteiger charge is 2.58. The van der Waals surface area contributed by atoms with Crippen molar-refractivity contribution >= 4 is 11.8 Å². The van der Waals surface area contributed by atoms with E-state index in [4.69, 9.17) is 9.47 Å². The summed E-state index contributed by atoms with van der Waals surface area (Å²) >= 11 is 0. The van der Waals surface area contributed by atoms with Gasteiger partial charge in [-0.25, -0.2) is 0 Å². The molecule has 2 aliphatic rings. The molecule has 4 nitrogen and oxygen atoms in total. The highest BCUT2D eigenvalue weighted by Crippen LogP contribution is 2.53. The molecule has 1 aliphatic heterocycles. The summed E-state index contributed by atoms with van der Waals surface area (Å²) in [6.45, 7) is 8.94. The summed E-state index contributed by atoms with van der Waals surface area (Å²) in [6, 6.07) is 8.26. The minimum Gasteiger partial charge on any atom is -0.469 e. The van der Waals surface area contributed by atoms with E-state index in [0.717, 1.165) is 18.4 Å². The zero-order chi connectivity index (χ0) is 19.8. The Bertz CT molecular complexity index is 712. The Labute approximate surface area is 162 Å². The summed E-state index contributed by atoms with van der Waals surface area (Å²) in [4.78, 5) is 26.1. The molecule has 0 unspecified atom stereocenters. The van der Waals surface area contributed by atoms with Crippen molar-refractivity contribution in [2.45, 2.75) is 58.5 Å². The second kappa shape index (κ2) is 7.75. The third kappa shape index (κ3) is 3.12. The molecule has 27 heavy (non-hydrogen) atoms. The maximum atomic E-state index is 13.7. The molecule has 1 aliphatic carbocycles. The minimum atomic E-state index is -0.494. The molecule has 1 aromatic carbocycles. The number of rotatable bonds is 4. The summed E-state index contributed by atoms with van der Waals surface area (Å²) in [5.74, 6) is -0.0561. The largest absolute Gasteiger partial charge is 0.469 e. The van der Waals surface area contributed by atoms with Crippen molar-refractivity contribution in [3.8, 4) is 0 Å². The molecular weight excluding hydrogens is 340 g/mol. The first kappa shape index (κ1) is 20.1. The van der Waals surface area contributed by atoms with Crippen LogP contribution in [0.15, 0.2) is 24.3 Å². The maximum absolute atomic E-state index is 13.7. The van der Waals surface area contributed by atoms with Crippen LogP contribution in [-0.2, 0) is 24.5 Å². The van der Waals surface area contributed by atoms with Crippen LogP contribution in [0.1, 0.15) is 51.2 Å². The maximum Gasteiger partial charge on any atom is 0.311 e. The first-order valence-corrected chi connectivity index (χ1v) is 10.2. The average Bonchev–Trinajstić information content (AvgIpc) is 2.65. The van der Waals surface area contributed by atoms with Gasteiger partial charge in [-0.05, 0) is 49.1 Å². The highest BCUT2D eigenvalue weighted by molar-refractivity contribution is 5.92. The van der Waals surface area contributed by atoms with E-state index in [9.17, 15) is 9.59 Å². The molecule has 3 rings (SSSR count). The average molecular weight is 373 g/mol. The molecule has 0 N–H and O–H groups in total. The number of benzene rings is 1. The lowest BCUT2D eigenvalue weighted by atomic mass is 9.51. The molecule has 0 aromatic heterocycles. The molecule has 0 spiro atoms. The number of fused-ring (bicyclic) bond motifs is 1. The van der Waals surface area contributed by atoms with Gasteiger partial charge < -0.3 is 9.47 Å². The van der Waals surface area contributed by atoms with Crippen LogP contribution in [0, 0.1) is 30.6 Å². The molecule has 4 heteroatoms. The van der Waals surface area contributed by atoms with Gasteiger partial charge in [0.15, 0.2) is 0 Å². The fraction of sp³-hybridized carbons (Fsp3) is 0.652. The Morgan fingerprint density at radius 1 is 1.26 bits per heavy atom. The van der Waals surface area contributed by atoms with Gasteiger partial charge in [0.05, 0.1) is 31.2 Å². The number of esters is 1. The standard InChI is InChI=1S/C23H32O4/c1-6-11-23(19-10-8-7-9-14(19)2)15(3)18-13-27-16(4)21(22(25)26-5)17(18)12-20(23)24/h7-10,15-18,21H,6,11-13H2,1-5H3/t15-,16+,17+,18-,21-,23+/m0/s1. The zero-order valence-electron chi connectivity index (χ0n) is 17.2. The van der Waals surface area contributed by atoms with Crippen LogP contribution >= 0.6 is 0 Å². The number of hydrogen-bond donors (Lipinski definition) is 0. The van der Waals surface area contributed by atoms with E-state index in [-0.39, 0.29) is 41.5 Å². The van der Waals surface area contributed by atoms with E-state index < -0.39 is 5.41 Å². The minimum absolute atomic E-state index is 0.00213. The third-order valence-corrected chi connectivity index (χ3v) is 7.15. The molecule has 2 fully saturated rings. The van der Waals surface area contributed by atoms with Crippen LogP contribution in [0.2, 0.25) is 0 Å². The van der Waals surface area contributed by atoms with Crippen LogP contribution in [-0.4, -0.2) is 31.6 Å². The lowest BCUT2D eigenvalue weighted by Gasteiger charge is -2.53. The Hall–Kier alpha value is -1.68. The molecule has 0 bridgehead atoms. The van der Waals surface area contributed by atoms with Crippen LogP contribution in [0.3, 0.4) is 0 Å². The molecule has 1 saturated carbocycles. The first-order valence-electron chi connectivity index (χ1n) is 10.2. The highest BCUT2D eigenvalue weighted by atomic mass is 16.5. The van der Waals surface area contributed by atoms with Crippen LogP contribution in [0.5, 0.6) is 0 Å². The van der Waals surface area contributed by atoms with Gasteiger partial charge in [-0.1, -0.05) is 44.5 Å². The molecule has 148 valence electrons. The summed E-state index contributed by atoms with van der Waals surface area (Å²) < 4.78 is 11.1. The van der Waals surface area contributed by atoms with Crippen molar-refractivity contribution in [1.82, 2.24) is 0 Å². The Morgan fingerprint density at radius 2 is 1.96 bits per heavy atom. The van der Waals surface area contributed by atoms with Gasteiger partial charge in [0.1, 0.15) is 5.78 Å². The molecular formula is C23H32O4. The Kier molecular flexibility index (Phi) is 5.76. The van der Waals surface area contributed by atoms with Gasteiger partial charge in [0.2, 0.25) is 0 Å². The van der Waals surface area contributed by atoms with E-state index in [0.29, 0.717) is 13.0 Å². The zero-order valence-corrected chi connectivity index (χ0v) is 17.2.